The second kappa shape index (κ2) is 8.12. The highest BCUT2D eigenvalue weighted by molar-refractivity contribution is 7.07. The summed E-state index contributed by atoms with van der Waals surface area (Å²) in [4.78, 5) is 26.2. The normalized spacial score (nSPS) is 24.0. The second-order valence-corrected chi connectivity index (χ2v) is 7.70. The average molecular weight is 350 g/mol. The van der Waals surface area contributed by atoms with Crippen LogP contribution in [-0.2, 0) is 20.7 Å². The van der Waals surface area contributed by atoms with Crippen LogP contribution in [-0.4, -0.2) is 49.1 Å². The van der Waals surface area contributed by atoms with Gasteiger partial charge in [0.1, 0.15) is 0 Å². The number of esters is 1. The maximum Gasteiger partial charge on any atom is 0.307 e. The summed E-state index contributed by atoms with van der Waals surface area (Å²) in [5.41, 5.74) is 1.07. The van der Waals surface area contributed by atoms with Gasteiger partial charge in [-0.3, -0.25) is 14.5 Å². The number of nitrogens with one attached hydrogen (secondary N) is 1. The van der Waals surface area contributed by atoms with Crippen molar-refractivity contribution in [2.24, 2.45) is 5.92 Å². The Labute approximate surface area is 147 Å². The molecule has 1 saturated carbocycles. The molecule has 132 valence electrons. The van der Waals surface area contributed by atoms with Crippen LogP contribution in [0.5, 0.6) is 0 Å². The Morgan fingerprint density at radius 3 is 2.75 bits per heavy atom. The van der Waals surface area contributed by atoms with Crippen molar-refractivity contribution in [3.05, 3.63) is 22.4 Å². The van der Waals surface area contributed by atoms with Gasteiger partial charge < -0.3 is 10.1 Å². The molecule has 0 spiro atoms. The van der Waals surface area contributed by atoms with Gasteiger partial charge >= 0.3 is 5.97 Å². The maximum absolute atomic E-state index is 12.1. The van der Waals surface area contributed by atoms with E-state index in [1.807, 2.05) is 16.8 Å². The molecule has 1 aliphatic heterocycles. The van der Waals surface area contributed by atoms with Gasteiger partial charge in [0.2, 0.25) is 5.91 Å². The minimum Gasteiger partial charge on any atom is -0.469 e. The minimum atomic E-state index is -0.136. The molecule has 0 radical (unpaired) electrons. The van der Waals surface area contributed by atoms with Gasteiger partial charge in [-0.1, -0.05) is 0 Å². The predicted molar refractivity (Wildman–Crippen MR) is 93.9 cm³/mol. The molecule has 3 rings (SSSR count). The summed E-state index contributed by atoms with van der Waals surface area (Å²) < 4.78 is 4.84. The molecule has 5 nitrogen and oxygen atoms in total. The first kappa shape index (κ1) is 17.4. The molecule has 0 bridgehead atoms. The summed E-state index contributed by atoms with van der Waals surface area (Å²) in [6.45, 7) is 1.72. The van der Waals surface area contributed by atoms with Gasteiger partial charge in [-0.15, -0.1) is 0 Å². The summed E-state index contributed by atoms with van der Waals surface area (Å²) in [5.74, 6) is 0.714. The Morgan fingerprint density at radius 2 is 2.08 bits per heavy atom. The van der Waals surface area contributed by atoms with E-state index in [0.717, 1.165) is 30.9 Å². The molecule has 2 heterocycles. The van der Waals surface area contributed by atoms with Crippen molar-refractivity contribution in [1.82, 2.24) is 10.2 Å². The molecule has 0 aromatic carbocycles. The summed E-state index contributed by atoms with van der Waals surface area (Å²) >= 11 is 1.62. The van der Waals surface area contributed by atoms with Crippen molar-refractivity contribution in [3.63, 3.8) is 0 Å². The van der Waals surface area contributed by atoms with Crippen molar-refractivity contribution >= 4 is 23.2 Å². The van der Waals surface area contributed by atoms with Gasteiger partial charge in [0.15, 0.2) is 0 Å². The standard InChI is InChI=1S/C18H26N2O3S/c1-23-18(22)9-15-4-5-16(20(15)11-13-2-3-13)10-19-17(21)8-14-6-7-24-12-14/h6-7,12-13,15-16H,2-5,8-11H2,1H3,(H,19,21)/t15-,16+/m1/s1. The highest BCUT2D eigenvalue weighted by Crippen LogP contribution is 2.35. The molecule has 1 aromatic rings. The molecule has 1 saturated heterocycles. The van der Waals surface area contributed by atoms with E-state index in [0.29, 0.717) is 25.4 Å². The molecule has 2 atom stereocenters. The fourth-order valence-electron chi connectivity index (χ4n) is 3.50. The Hall–Kier alpha value is -1.40. The lowest BCUT2D eigenvalue weighted by Crippen LogP contribution is -2.45. The number of likely N-dealkylation sites (tertiary alicyclic amines) is 1. The lowest BCUT2D eigenvalue weighted by molar-refractivity contribution is -0.142. The van der Waals surface area contributed by atoms with Crippen LogP contribution < -0.4 is 5.32 Å². The van der Waals surface area contributed by atoms with Crippen LogP contribution in [0.25, 0.3) is 0 Å². The molecule has 2 fully saturated rings. The van der Waals surface area contributed by atoms with Crippen molar-refractivity contribution < 1.29 is 14.3 Å². The molecule has 6 heteroatoms. The number of hydrogen-bond acceptors (Lipinski definition) is 5. The lowest BCUT2D eigenvalue weighted by atomic mass is 10.1. The zero-order chi connectivity index (χ0) is 16.9. The number of carbonyl (C=O) groups is 2. The van der Waals surface area contributed by atoms with E-state index in [2.05, 4.69) is 10.2 Å². The fraction of sp³-hybridized carbons (Fsp3) is 0.667. The molecule has 1 aromatic heterocycles. The van der Waals surface area contributed by atoms with Crippen LogP contribution in [0.3, 0.4) is 0 Å². The Balaban J connectivity index is 1.51. The molecule has 0 unspecified atom stereocenters. The molecule has 2 aliphatic rings. The van der Waals surface area contributed by atoms with Crippen LogP contribution in [0, 0.1) is 5.92 Å². The van der Waals surface area contributed by atoms with Gasteiger partial charge in [-0.25, -0.2) is 0 Å². The largest absolute Gasteiger partial charge is 0.469 e. The van der Waals surface area contributed by atoms with E-state index in [9.17, 15) is 9.59 Å². The van der Waals surface area contributed by atoms with Gasteiger partial charge in [-0.2, -0.15) is 11.3 Å². The van der Waals surface area contributed by atoms with Crippen molar-refractivity contribution in [2.75, 3.05) is 20.2 Å². The van der Waals surface area contributed by atoms with Gasteiger partial charge in [0.05, 0.1) is 20.0 Å². The summed E-state index contributed by atoms with van der Waals surface area (Å²) in [6.07, 6.45) is 5.53. The molecule has 1 aliphatic carbocycles. The number of rotatable bonds is 8. The Bertz CT molecular complexity index is 557. The Kier molecular flexibility index (Phi) is 5.89. The lowest BCUT2D eigenvalue weighted by Gasteiger charge is -2.30. The first-order chi connectivity index (χ1) is 11.7. The first-order valence-electron chi connectivity index (χ1n) is 8.76. The average Bonchev–Trinajstić information content (AvgIpc) is 3.10. The Morgan fingerprint density at radius 1 is 1.29 bits per heavy atom. The van der Waals surface area contributed by atoms with Gasteiger partial charge in [-0.05, 0) is 54.0 Å². The zero-order valence-corrected chi connectivity index (χ0v) is 15.0. The van der Waals surface area contributed by atoms with Crippen LogP contribution in [0.1, 0.15) is 37.7 Å². The highest BCUT2D eigenvalue weighted by Gasteiger charge is 2.38. The van der Waals surface area contributed by atoms with Crippen molar-refractivity contribution in [1.29, 1.82) is 0 Å². The minimum absolute atomic E-state index is 0.0798. The monoisotopic (exact) mass is 350 g/mol. The van der Waals surface area contributed by atoms with Crippen LogP contribution in [0.4, 0.5) is 0 Å². The number of nitrogens with zero attached hydrogens (tertiary/aromatic N) is 1. The molecule has 1 N–H and O–H groups in total. The first-order valence-corrected chi connectivity index (χ1v) is 9.70. The zero-order valence-electron chi connectivity index (χ0n) is 14.2. The summed E-state index contributed by atoms with van der Waals surface area (Å²) in [7, 11) is 1.45. The van der Waals surface area contributed by atoms with Crippen molar-refractivity contribution in [2.45, 2.75) is 50.6 Å². The second-order valence-electron chi connectivity index (χ2n) is 6.92. The molecular formula is C18H26N2O3S. The molecular weight excluding hydrogens is 324 g/mol. The van der Waals surface area contributed by atoms with E-state index in [1.165, 1.54) is 20.0 Å². The van der Waals surface area contributed by atoms with E-state index >= 15 is 0 Å². The highest BCUT2D eigenvalue weighted by atomic mass is 32.1. The van der Waals surface area contributed by atoms with Crippen LogP contribution in [0.15, 0.2) is 16.8 Å². The van der Waals surface area contributed by atoms with Gasteiger partial charge in [0, 0.05) is 25.2 Å². The topological polar surface area (TPSA) is 58.6 Å². The summed E-state index contributed by atoms with van der Waals surface area (Å²) in [6, 6.07) is 2.59. The van der Waals surface area contributed by atoms with E-state index in [4.69, 9.17) is 4.74 Å². The van der Waals surface area contributed by atoms with E-state index < -0.39 is 0 Å². The maximum atomic E-state index is 12.1. The number of thiophene rings is 1. The van der Waals surface area contributed by atoms with Gasteiger partial charge in [0.25, 0.3) is 0 Å². The van der Waals surface area contributed by atoms with Crippen LogP contribution >= 0.6 is 11.3 Å². The quantitative estimate of drug-likeness (QED) is 0.731. The van der Waals surface area contributed by atoms with E-state index in [1.54, 1.807) is 11.3 Å². The predicted octanol–water partition coefficient (Wildman–Crippen LogP) is 2.21. The summed E-state index contributed by atoms with van der Waals surface area (Å²) in [5, 5.41) is 7.09. The third-order valence-corrected chi connectivity index (χ3v) is 5.78. The number of amides is 1. The number of hydrogen-bond donors (Lipinski definition) is 1. The van der Waals surface area contributed by atoms with E-state index in [-0.39, 0.29) is 17.9 Å². The molecule has 24 heavy (non-hydrogen) atoms. The fourth-order valence-corrected chi connectivity index (χ4v) is 4.17. The van der Waals surface area contributed by atoms with Crippen molar-refractivity contribution in [3.8, 4) is 0 Å². The smallest absolute Gasteiger partial charge is 0.307 e. The third kappa shape index (κ3) is 4.80. The molecule has 1 amide bonds. The third-order valence-electron chi connectivity index (χ3n) is 5.05. The number of ether oxygens (including phenoxy) is 1. The number of methoxy groups -OCH3 is 1. The SMILES string of the molecule is COC(=O)C[C@H]1CC[C@@H](CNC(=O)Cc2ccsc2)N1CC1CC1. The number of carbonyl (C=O) groups excluding carboxylic acids is 2. The van der Waals surface area contributed by atoms with Crippen LogP contribution in [0.2, 0.25) is 0 Å².